The summed E-state index contributed by atoms with van der Waals surface area (Å²) in [6.07, 6.45) is 2.36. The zero-order valence-corrected chi connectivity index (χ0v) is 12.2. The third-order valence-electron chi connectivity index (χ3n) is 3.15. The number of hydrogen-bond donors (Lipinski definition) is 3. The van der Waals surface area contributed by atoms with Gasteiger partial charge in [0.2, 0.25) is 0 Å². The Morgan fingerprint density at radius 2 is 2.08 bits per heavy atom. The van der Waals surface area contributed by atoms with Crippen LogP contribution >= 0.6 is 0 Å². The van der Waals surface area contributed by atoms with Crippen LogP contribution < -0.4 is 10.9 Å². The second-order valence-electron chi connectivity index (χ2n) is 4.83. The molecule has 0 radical (unpaired) electrons. The lowest BCUT2D eigenvalue weighted by atomic mass is 10.3. The van der Waals surface area contributed by atoms with Gasteiger partial charge in [0, 0.05) is 6.07 Å². The molecule has 0 aliphatic heterocycles. The fourth-order valence-electron chi connectivity index (χ4n) is 1.97. The molecular formula is C15H12FN5O3. The van der Waals surface area contributed by atoms with Gasteiger partial charge in [-0.25, -0.2) is 14.1 Å². The van der Waals surface area contributed by atoms with Crippen LogP contribution in [0.3, 0.4) is 0 Å². The Labute approximate surface area is 134 Å². The highest BCUT2D eigenvalue weighted by Crippen LogP contribution is 2.08. The van der Waals surface area contributed by atoms with E-state index in [4.69, 9.17) is 5.11 Å². The zero-order chi connectivity index (χ0) is 17.1. The fraction of sp³-hybridized carbons (Fsp3) is 0.0667. The van der Waals surface area contributed by atoms with Crippen molar-refractivity contribution in [2.45, 2.75) is 6.61 Å². The molecule has 0 atom stereocenters. The van der Waals surface area contributed by atoms with Crippen LogP contribution in [0.4, 0.5) is 10.1 Å². The van der Waals surface area contributed by atoms with Gasteiger partial charge in [-0.15, -0.1) is 0 Å². The van der Waals surface area contributed by atoms with Crippen molar-refractivity contribution in [3.05, 3.63) is 70.3 Å². The van der Waals surface area contributed by atoms with E-state index in [2.05, 4.69) is 20.4 Å². The van der Waals surface area contributed by atoms with Gasteiger partial charge < -0.3 is 10.4 Å². The summed E-state index contributed by atoms with van der Waals surface area (Å²) in [5, 5.41) is 14.1. The van der Waals surface area contributed by atoms with E-state index in [1.165, 1.54) is 12.3 Å². The molecule has 3 rings (SSSR count). The molecule has 3 aromatic heterocycles. The molecular weight excluding hydrogens is 317 g/mol. The summed E-state index contributed by atoms with van der Waals surface area (Å²) >= 11 is 0. The normalized spacial score (nSPS) is 10.6. The Morgan fingerprint density at radius 1 is 1.25 bits per heavy atom. The Hall–Kier alpha value is -3.33. The highest BCUT2D eigenvalue weighted by Gasteiger charge is 2.13. The number of carbonyl (C=O) groups excluding carboxylic acids is 1. The number of halogens is 1. The van der Waals surface area contributed by atoms with Gasteiger partial charge >= 0.3 is 0 Å². The summed E-state index contributed by atoms with van der Waals surface area (Å²) in [6, 6.07) is 6.71. The monoisotopic (exact) mass is 329 g/mol. The number of aromatic amines is 1. The molecule has 8 nitrogen and oxygen atoms in total. The maximum Gasteiger partial charge on any atom is 0.273 e. The second kappa shape index (κ2) is 6.42. The largest absolute Gasteiger partial charge is 0.390 e. The van der Waals surface area contributed by atoms with Crippen LogP contribution in [0, 0.1) is 5.82 Å². The average Bonchev–Trinajstić information content (AvgIpc) is 2.98. The number of amides is 1. The van der Waals surface area contributed by atoms with Gasteiger partial charge in [-0.05, 0) is 24.3 Å². The first-order valence-corrected chi connectivity index (χ1v) is 6.88. The molecule has 0 aliphatic carbocycles. The number of nitrogens with zero attached hydrogens (tertiary/aromatic N) is 3. The van der Waals surface area contributed by atoms with Crippen LogP contribution in [0.2, 0.25) is 0 Å². The summed E-state index contributed by atoms with van der Waals surface area (Å²) < 4.78 is 13.9. The molecule has 1 amide bonds. The minimum Gasteiger partial charge on any atom is -0.390 e. The lowest BCUT2D eigenvalue weighted by Crippen LogP contribution is -2.15. The number of H-pyrrole nitrogens is 1. The Bertz CT molecular complexity index is 916. The van der Waals surface area contributed by atoms with Crippen molar-refractivity contribution < 1.29 is 14.3 Å². The first kappa shape index (κ1) is 15.6. The minimum absolute atomic E-state index is 0.0114. The van der Waals surface area contributed by atoms with Gasteiger partial charge in [0.1, 0.15) is 11.5 Å². The molecule has 0 aromatic carbocycles. The molecule has 24 heavy (non-hydrogen) atoms. The lowest BCUT2D eigenvalue weighted by molar-refractivity contribution is 0.102. The molecule has 0 saturated heterocycles. The highest BCUT2D eigenvalue weighted by atomic mass is 19.1. The van der Waals surface area contributed by atoms with Crippen LogP contribution in [0.15, 0.2) is 47.5 Å². The van der Waals surface area contributed by atoms with Crippen LogP contribution in [0.5, 0.6) is 0 Å². The molecule has 9 heteroatoms. The molecule has 3 aromatic rings. The maximum atomic E-state index is 12.9. The van der Waals surface area contributed by atoms with Crippen molar-refractivity contribution in [3.63, 3.8) is 0 Å². The third-order valence-corrected chi connectivity index (χ3v) is 3.15. The van der Waals surface area contributed by atoms with Crippen molar-refractivity contribution in [3.8, 4) is 5.82 Å². The number of hydrogen-bond acceptors (Lipinski definition) is 5. The SMILES string of the molecule is O=C(Nc1ccc(CO)nc1)c1cc(=O)n(-c2ccc(F)cn2)[nH]1. The van der Waals surface area contributed by atoms with Gasteiger partial charge in [-0.3, -0.25) is 19.7 Å². The van der Waals surface area contributed by atoms with E-state index in [9.17, 15) is 14.0 Å². The molecule has 0 fully saturated rings. The molecule has 0 aliphatic rings. The first-order chi connectivity index (χ1) is 11.6. The number of pyridine rings is 2. The Balaban J connectivity index is 1.81. The van der Waals surface area contributed by atoms with Gasteiger partial charge in [0.05, 0.1) is 30.4 Å². The van der Waals surface area contributed by atoms with Gasteiger partial charge in [0.25, 0.3) is 11.5 Å². The van der Waals surface area contributed by atoms with Crippen LogP contribution in [0.25, 0.3) is 5.82 Å². The van der Waals surface area contributed by atoms with E-state index in [0.717, 1.165) is 23.0 Å². The van der Waals surface area contributed by atoms with E-state index < -0.39 is 17.3 Å². The minimum atomic E-state index is -0.550. The molecule has 3 N–H and O–H groups in total. The smallest absolute Gasteiger partial charge is 0.273 e. The van der Waals surface area contributed by atoms with E-state index >= 15 is 0 Å². The molecule has 0 spiro atoms. The predicted molar refractivity (Wildman–Crippen MR) is 82.3 cm³/mol. The molecule has 3 heterocycles. The first-order valence-electron chi connectivity index (χ1n) is 6.88. The fourth-order valence-corrected chi connectivity index (χ4v) is 1.97. The van der Waals surface area contributed by atoms with E-state index in [0.29, 0.717) is 11.4 Å². The van der Waals surface area contributed by atoms with Crippen molar-refractivity contribution in [1.82, 2.24) is 19.7 Å². The average molecular weight is 329 g/mol. The number of carbonyl (C=O) groups is 1. The number of rotatable bonds is 4. The molecule has 122 valence electrons. The van der Waals surface area contributed by atoms with Crippen molar-refractivity contribution in [2.75, 3.05) is 5.32 Å². The van der Waals surface area contributed by atoms with Crippen LogP contribution in [-0.4, -0.2) is 30.8 Å². The second-order valence-corrected chi connectivity index (χ2v) is 4.83. The number of aliphatic hydroxyl groups is 1. The summed E-state index contributed by atoms with van der Waals surface area (Å²) in [5.41, 5.74) is 0.381. The van der Waals surface area contributed by atoms with Gasteiger partial charge in [-0.2, -0.15) is 0 Å². The topological polar surface area (TPSA) is 113 Å². The van der Waals surface area contributed by atoms with Crippen molar-refractivity contribution in [2.24, 2.45) is 0 Å². The van der Waals surface area contributed by atoms with E-state index in [-0.39, 0.29) is 18.1 Å². The quantitative estimate of drug-likeness (QED) is 0.656. The standard InChI is InChI=1S/C15H12FN5O3/c16-9-1-4-13(18-6-9)21-14(23)5-12(20-21)15(24)19-10-2-3-11(8-22)17-7-10/h1-7,20,22H,8H2,(H,19,24). The molecule has 0 bridgehead atoms. The third kappa shape index (κ3) is 3.20. The van der Waals surface area contributed by atoms with Gasteiger partial charge in [0.15, 0.2) is 5.82 Å². The van der Waals surface area contributed by atoms with E-state index in [1.807, 2.05) is 0 Å². The lowest BCUT2D eigenvalue weighted by Gasteiger charge is -2.04. The number of nitrogens with one attached hydrogen (secondary N) is 2. The van der Waals surface area contributed by atoms with Gasteiger partial charge in [-0.1, -0.05) is 0 Å². The summed E-state index contributed by atoms with van der Waals surface area (Å²) in [5.74, 6) is -0.920. The summed E-state index contributed by atoms with van der Waals surface area (Å²) in [4.78, 5) is 31.8. The number of anilines is 1. The van der Waals surface area contributed by atoms with Crippen molar-refractivity contribution >= 4 is 11.6 Å². The van der Waals surface area contributed by atoms with Crippen LogP contribution in [-0.2, 0) is 6.61 Å². The van der Waals surface area contributed by atoms with Crippen LogP contribution in [0.1, 0.15) is 16.2 Å². The highest BCUT2D eigenvalue weighted by molar-refractivity contribution is 6.02. The molecule has 0 unspecified atom stereocenters. The van der Waals surface area contributed by atoms with Crippen molar-refractivity contribution in [1.29, 1.82) is 0 Å². The summed E-state index contributed by atoms with van der Waals surface area (Å²) in [6.45, 7) is -0.199. The molecule has 0 saturated carbocycles. The maximum absolute atomic E-state index is 12.9. The predicted octanol–water partition coefficient (Wildman–Crippen LogP) is 0.839. The number of aromatic nitrogens is 4. The zero-order valence-electron chi connectivity index (χ0n) is 12.2. The summed E-state index contributed by atoms with van der Waals surface area (Å²) in [7, 11) is 0. The Kier molecular flexibility index (Phi) is 4.17. The van der Waals surface area contributed by atoms with E-state index in [1.54, 1.807) is 12.1 Å². The Morgan fingerprint density at radius 3 is 2.71 bits per heavy atom. The number of aliphatic hydroxyl groups excluding tert-OH is 1.